The number of likely N-dealkylation sites (tertiary alicyclic amines) is 1. The third kappa shape index (κ3) is 4.85. The van der Waals surface area contributed by atoms with Crippen molar-refractivity contribution in [3.05, 3.63) is 41.1 Å². The summed E-state index contributed by atoms with van der Waals surface area (Å²) in [7, 11) is 0. The minimum atomic E-state index is -0.753. The van der Waals surface area contributed by atoms with Gasteiger partial charge in [0.15, 0.2) is 0 Å². The molecule has 2 amide bonds. The molecular formula is C26H37N5O4. The van der Waals surface area contributed by atoms with Gasteiger partial charge in [-0.1, -0.05) is 32.9 Å². The van der Waals surface area contributed by atoms with Crippen molar-refractivity contribution in [1.29, 1.82) is 0 Å². The standard InChI is InChI=1S/C26H37N5O4/c1-5-31-23(8-9-28-31)19-7-6-18(20-11-27-12-21(19)20)22(14-32)29-25(34)24-10-17(33)13-30(24)26(35)16(4)15(2)3/h6-9,15-17,22,24,27,32-33H,5,10-14H2,1-4H3,(H,29,34). The number of aromatic nitrogens is 2. The smallest absolute Gasteiger partial charge is 0.243 e. The lowest BCUT2D eigenvalue weighted by Gasteiger charge is -2.29. The molecule has 1 aromatic carbocycles. The first-order valence-electron chi connectivity index (χ1n) is 12.5. The summed E-state index contributed by atoms with van der Waals surface area (Å²) in [5, 5.41) is 31.2. The van der Waals surface area contributed by atoms with Crippen LogP contribution in [0.5, 0.6) is 0 Å². The van der Waals surface area contributed by atoms with E-state index >= 15 is 0 Å². The van der Waals surface area contributed by atoms with Gasteiger partial charge in [-0.2, -0.15) is 5.10 Å². The maximum atomic E-state index is 13.3. The number of carbonyl (C=O) groups is 2. The van der Waals surface area contributed by atoms with E-state index < -0.39 is 18.2 Å². The van der Waals surface area contributed by atoms with Crippen molar-refractivity contribution in [2.45, 2.75) is 71.9 Å². The molecule has 0 aliphatic carbocycles. The number of amides is 2. The number of nitrogens with zero attached hydrogens (tertiary/aromatic N) is 3. The highest BCUT2D eigenvalue weighted by atomic mass is 16.3. The van der Waals surface area contributed by atoms with Gasteiger partial charge in [0.05, 0.1) is 24.4 Å². The maximum Gasteiger partial charge on any atom is 0.243 e. The highest BCUT2D eigenvalue weighted by molar-refractivity contribution is 5.89. The van der Waals surface area contributed by atoms with Crippen molar-refractivity contribution in [3.8, 4) is 11.3 Å². The number of aliphatic hydroxyl groups is 2. The Bertz CT molecular complexity index is 1080. The Balaban J connectivity index is 1.58. The summed E-state index contributed by atoms with van der Waals surface area (Å²) in [4.78, 5) is 27.8. The number of β-amino-alcohol motifs (C(OH)–C–C–N with tert-alkyl or cyclic N) is 1. The topological polar surface area (TPSA) is 120 Å². The zero-order chi connectivity index (χ0) is 25.3. The third-order valence-corrected chi connectivity index (χ3v) is 7.49. The van der Waals surface area contributed by atoms with Gasteiger partial charge in [0.25, 0.3) is 0 Å². The summed E-state index contributed by atoms with van der Waals surface area (Å²) >= 11 is 0. The summed E-state index contributed by atoms with van der Waals surface area (Å²) in [6.45, 7) is 9.83. The number of carbonyl (C=O) groups excluding carboxylic acids is 2. The van der Waals surface area contributed by atoms with E-state index in [0.717, 1.165) is 34.5 Å². The van der Waals surface area contributed by atoms with Crippen LogP contribution in [-0.4, -0.2) is 62.0 Å². The molecule has 4 N–H and O–H groups in total. The molecule has 9 nitrogen and oxygen atoms in total. The van der Waals surface area contributed by atoms with Crippen molar-refractivity contribution < 1.29 is 19.8 Å². The Morgan fingerprint density at radius 2 is 1.94 bits per heavy atom. The number of hydrogen-bond acceptors (Lipinski definition) is 6. The Kier molecular flexibility index (Phi) is 7.59. The van der Waals surface area contributed by atoms with Gasteiger partial charge in [0.1, 0.15) is 6.04 Å². The normalized spacial score (nSPS) is 21.3. The van der Waals surface area contributed by atoms with Gasteiger partial charge in [-0.05, 0) is 35.6 Å². The maximum absolute atomic E-state index is 13.3. The molecule has 3 heterocycles. The predicted molar refractivity (Wildman–Crippen MR) is 132 cm³/mol. The van der Waals surface area contributed by atoms with E-state index in [9.17, 15) is 19.8 Å². The van der Waals surface area contributed by atoms with Crippen LogP contribution in [0.3, 0.4) is 0 Å². The van der Waals surface area contributed by atoms with Crippen molar-refractivity contribution >= 4 is 11.8 Å². The molecule has 4 atom stereocenters. The highest BCUT2D eigenvalue weighted by Crippen LogP contribution is 2.34. The van der Waals surface area contributed by atoms with Crippen molar-refractivity contribution in [3.63, 3.8) is 0 Å². The molecule has 1 fully saturated rings. The second-order valence-electron chi connectivity index (χ2n) is 9.97. The monoisotopic (exact) mass is 483 g/mol. The highest BCUT2D eigenvalue weighted by Gasteiger charge is 2.41. The van der Waals surface area contributed by atoms with Crippen LogP contribution in [0.1, 0.15) is 56.8 Å². The number of hydrogen-bond donors (Lipinski definition) is 4. The van der Waals surface area contributed by atoms with Gasteiger partial charge >= 0.3 is 0 Å². The summed E-state index contributed by atoms with van der Waals surface area (Å²) in [6.07, 6.45) is 1.25. The van der Waals surface area contributed by atoms with Crippen LogP contribution in [-0.2, 0) is 29.2 Å². The van der Waals surface area contributed by atoms with E-state index in [0.29, 0.717) is 13.1 Å². The van der Waals surface area contributed by atoms with Gasteiger partial charge in [-0.3, -0.25) is 14.3 Å². The molecule has 190 valence electrons. The molecule has 1 aromatic heterocycles. The van der Waals surface area contributed by atoms with Crippen LogP contribution in [0.2, 0.25) is 0 Å². The van der Waals surface area contributed by atoms with Gasteiger partial charge in [0.2, 0.25) is 11.8 Å². The number of aliphatic hydroxyl groups excluding tert-OH is 2. The van der Waals surface area contributed by atoms with Gasteiger partial charge in [0, 0.05) is 50.3 Å². The van der Waals surface area contributed by atoms with Crippen molar-refractivity contribution in [2.24, 2.45) is 11.8 Å². The average molecular weight is 484 g/mol. The Morgan fingerprint density at radius 3 is 2.63 bits per heavy atom. The second kappa shape index (κ2) is 10.5. The molecule has 2 aliphatic rings. The van der Waals surface area contributed by atoms with E-state index in [-0.39, 0.29) is 43.2 Å². The fourth-order valence-corrected chi connectivity index (χ4v) is 5.16. The molecule has 0 bridgehead atoms. The number of rotatable bonds is 8. The van der Waals surface area contributed by atoms with E-state index in [1.807, 2.05) is 43.7 Å². The van der Waals surface area contributed by atoms with Gasteiger partial charge < -0.3 is 25.7 Å². The zero-order valence-electron chi connectivity index (χ0n) is 21.0. The van der Waals surface area contributed by atoms with Crippen molar-refractivity contribution in [2.75, 3.05) is 13.2 Å². The number of fused-ring (bicyclic) bond motifs is 1. The lowest BCUT2D eigenvalue weighted by Crippen LogP contribution is -2.49. The fourth-order valence-electron chi connectivity index (χ4n) is 5.16. The summed E-state index contributed by atoms with van der Waals surface area (Å²) in [5.41, 5.74) is 5.20. The Labute approximate surface area is 206 Å². The second-order valence-corrected chi connectivity index (χ2v) is 9.97. The molecular weight excluding hydrogens is 446 g/mol. The minimum absolute atomic E-state index is 0.126. The molecule has 2 aromatic rings. The van der Waals surface area contributed by atoms with Crippen LogP contribution in [0.15, 0.2) is 24.4 Å². The molecule has 4 rings (SSSR count). The molecule has 4 unspecified atom stereocenters. The fraction of sp³-hybridized carbons (Fsp3) is 0.577. The molecule has 0 saturated carbocycles. The van der Waals surface area contributed by atoms with E-state index in [1.165, 1.54) is 4.90 Å². The Morgan fingerprint density at radius 1 is 1.20 bits per heavy atom. The first-order valence-corrected chi connectivity index (χ1v) is 12.5. The van der Waals surface area contributed by atoms with Crippen LogP contribution in [0, 0.1) is 11.8 Å². The quantitative estimate of drug-likeness (QED) is 0.453. The van der Waals surface area contributed by atoms with Crippen LogP contribution in [0.4, 0.5) is 0 Å². The first kappa shape index (κ1) is 25.3. The van der Waals surface area contributed by atoms with E-state index in [1.54, 1.807) is 6.20 Å². The lowest BCUT2D eigenvalue weighted by atomic mass is 9.92. The number of nitrogens with one attached hydrogen (secondary N) is 2. The average Bonchev–Trinajstić information content (AvgIpc) is 3.60. The van der Waals surface area contributed by atoms with Crippen LogP contribution in [0.25, 0.3) is 11.3 Å². The van der Waals surface area contributed by atoms with E-state index in [2.05, 4.69) is 22.7 Å². The van der Waals surface area contributed by atoms with Gasteiger partial charge in [-0.15, -0.1) is 0 Å². The predicted octanol–water partition coefficient (Wildman–Crippen LogP) is 1.58. The molecule has 0 spiro atoms. The molecule has 0 radical (unpaired) electrons. The SMILES string of the molecule is CCn1nccc1-c1ccc(C(CO)NC(=O)C2CC(O)CN2C(=O)C(C)C(C)C)c2c1CNC2. The number of benzene rings is 1. The third-order valence-electron chi connectivity index (χ3n) is 7.49. The van der Waals surface area contributed by atoms with Crippen molar-refractivity contribution in [1.82, 2.24) is 25.3 Å². The number of aryl methyl sites for hydroxylation is 1. The summed E-state index contributed by atoms with van der Waals surface area (Å²) in [5.74, 6) is -0.591. The first-order chi connectivity index (χ1) is 16.8. The summed E-state index contributed by atoms with van der Waals surface area (Å²) < 4.78 is 1.95. The van der Waals surface area contributed by atoms with E-state index in [4.69, 9.17) is 0 Å². The Hall–Kier alpha value is -2.75. The zero-order valence-corrected chi connectivity index (χ0v) is 21.0. The lowest BCUT2D eigenvalue weighted by molar-refractivity contribution is -0.142. The van der Waals surface area contributed by atoms with Crippen LogP contribution >= 0.6 is 0 Å². The molecule has 35 heavy (non-hydrogen) atoms. The largest absolute Gasteiger partial charge is 0.394 e. The molecule has 9 heteroatoms. The summed E-state index contributed by atoms with van der Waals surface area (Å²) in [6, 6.07) is 4.62. The van der Waals surface area contributed by atoms with Gasteiger partial charge in [-0.25, -0.2) is 0 Å². The minimum Gasteiger partial charge on any atom is -0.394 e. The molecule has 2 aliphatic heterocycles. The molecule has 1 saturated heterocycles. The van der Waals surface area contributed by atoms with Crippen LogP contribution < -0.4 is 10.6 Å².